The van der Waals surface area contributed by atoms with Crippen LogP contribution < -0.4 is 5.32 Å². The maximum absolute atomic E-state index is 5.42. The Kier molecular flexibility index (Phi) is 4.62. The third-order valence-corrected chi connectivity index (χ3v) is 1.83. The molecule has 0 aliphatic rings. The number of ether oxygens (including phenoxy) is 1. The zero-order valence-electron chi connectivity index (χ0n) is 8.62. The van der Waals surface area contributed by atoms with E-state index in [2.05, 4.69) is 18.8 Å². The smallest absolute Gasteiger partial charge is 0.179 e. The molecule has 1 aromatic carbocycles. The number of rotatable bonds is 6. The third kappa shape index (κ3) is 3.99. The van der Waals surface area contributed by atoms with Crippen molar-refractivity contribution in [2.24, 2.45) is 0 Å². The Morgan fingerprint density at radius 2 is 2.07 bits per heavy atom. The van der Waals surface area contributed by atoms with Crippen molar-refractivity contribution < 1.29 is 4.74 Å². The van der Waals surface area contributed by atoms with Gasteiger partial charge in [-0.3, -0.25) is 0 Å². The summed E-state index contributed by atoms with van der Waals surface area (Å²) in [5, 5.41) is 3.09. The fraction of sp³-hybridized carbons (Fsp3) is 0.333. The molecule has 0 heterocycles. The molecule has 0 unspecified atom stereocenters. The van der Waals surface area contributed by atoms with E-state index >= 15 is 0 Å². The van der Waals surface area contributed by atoms with Crippen LogP contribution in [0.1, 0.15) is 18.9 Å². The lowest BCUT2D eigenvalue weighted by Crippen LogP contribution is -2.15. The lowest BCUT2D eigenvalue weighted by molar-refractivity contribution is 0.179. The third-order valence-electron chi connectivity index (χ3n) is 1.83. The number of nitrogens with one attached hydrogen (secondary N) is 1. The van der Waals surface area contributed by atoms with E-state index in [-0.39, 0.29) is 0 Å². The standard InChI is InChI=1S/C12H17NO/c1-3-9-13-11(2)14-10-12-7-5-4-6-8-12/h4-8,13H,2-3,9-10H2,1H3. The molecule has 14 heavy (non-hydrogen) atoms. The van der Waals surface area contributed by atoms with Crippen molar-refractivity contribution >= 4 is 0 Å². The molecule has 0 fully saturated rings. The Bertz CT molecular complexity index is 269. The topological polar surface area (TPSA) is 21.3 Å². The molecular formula is C12H17NO. The zero-order valence-corrected chi connectivity index (χ0v) is 8.62. The van der Waals surface area contributed by atoms with E-state index in [0.717, 1.165) is 18.5 Å². The van der Waals surface area contributed by atoms with Gasteiger partial charge in [-0.1, -0.05) is 37.3 Å². The van der Waals surface area contributed by atoms with Gasteiger partial charge in [0.1, 0.15) is 6.61 Å². The van der Waals surface area contributed by atoms with Crippen molar-refractivity contribution in [2.75, 3.05) is 6.54 Å². The SMILES string of the molecule is C=C(NCCC)OCc1ccccc1. The molecule has 1 rings (SSSR count). The number of hydrogen-bond donors (Lipinski definition) is 1. The lowest BCUT2D eigenvalue weighted by Gasteiger charge is -2.10. The lowest BCUT2D eigenvalue weighted by atomic mass is 10.2. The van der Waals surface area contributed by atoms with Crippen LogP contribution in [0.2, 0.25) is 0 Å². The Morgan fingerprint density at radius 3 is 2.71 bits per heavy atom. The van der Waals surface area contributed by atoms with Crippen LogP contribution in [-0.2, 0) is 11.3 Å². The minimum absolute atomic E-state index is 0.580. The predicted octanol–water partition coefficient (Wildman–Crippen LogP) is 2.67. The highest BCUT2D eigenvalue weighted by molar-refractivity contribution is 5.13. The predicted molar refractivity (Wildman–Crippen MR) is 58.7 cm³/mol. The van der Waals surface area contributed by atoms with Crippen molar-refractivity contribution in [2.45, 2.75) is 20.0 Å². The van der Waals surface area contributed by atoms with Crippen molar-refractivity contribution in [3.05, 3.63) is 48.4 Å². The molecule has 0 aliphatic heterocycles. The maximum Gasteiger partial charge on any atom is 0.179 e. The van der Waals surface area contributed by atoms with Crippen LogP contribution in [0.15, 0.2) is 42.8 Å². The maximum atomic E-state index is 5.42. The molecule has 0 radical (unpaired) electrons. The summed E-state index contributed by atoms with van der Waals surface area (Å²) in [5.41, 5.74) is 1.16. The first-order valence-corrected chi connectivity index (χ1v) is 4.92. The second-order valence-electron chi connectivity index (χ2n) is 3.12. The molecule has 0 bridgehead atoms. The zero-order chi connectivity index (χ0) is 10.2. The van der Waals surface area contributed by atoms with Crippen LogP contribution in [0.5, 0.6) is 0 Å². The number of hydrogen-bond acceptors (Lipinski definition) is 2. The van der Waals surface area contributed by atoms with Crippen LogP contribution in [0, 0.1) is 0 Å². The molecule has 1 N–H and O–H groups in total. The summed E-state index contributed by atoms with van der Waals surface area (Å²) in [7, 11) is 0. The molecule has 2 heteroatoms. The average Bonchev–Trinajstić information content (AvgIpc) is 2.25. The monoisotopic (exact) mass is 191 g/mol. The van der Waals surface area contributed by atoms with E-state index in [0.29, 0.717) is 12.5 Å². The summed E-state index contributed by atoms with van der Waals surface area (Å²) in [6.45, 7) is 7.37. The Hall–Kier alpha value is -1.44. The quantitative estimate of drug-likeness (QED) is 0.698. The minimum Gasteiger partial charge on any atom is -0.475 e. The fourth-order valence-electron chi connectivity index (χ4n) is 1.06. The first-order valence-electron chi connectivity index (χ1n) is 4.92. The van der Waals surface area contributed by atoms with E-state index in [1.165, 1.54) is 0 Å². The first-order chi connectivity index (χ1) is 6.83. The Balaban J connectivity index is 2.24. The highest BCUT2D eigenvalue weighted by Crippen LogP contribution is 2.02. The van der Waals surface area contributed by atoms with Crippen LogP contribution in [0.25, 0.3) is 0 Å². The summed E-state index contributed by atoms with van der Waals surface area (Å²) >= 11 is 0. The van der Waals surface area contributed by atoms with Crippen molar-refractivity contribution in [1.29, 1.82) is 0 Å². The largest absolute Gasteiger partial charge is 0.475 e. The molecule has 0 aliphatic carbocycles. The minimum atomic E-state index is 0.580. The summed E-state index contributed by atoms with van der Waals surface area (Å²) in [5.74, 6) is 0.649. The van der Waals surface area contributed by atoms with Gasteiger partial charge in [-0.25, -0.2) is 0 Å². The summed E-state index contributed by atoms with van der Waals surface area (Å²) in [6, 6.07) is 10.1. The van der Waals surface area contributed by atoms with E-state index in [1.807, 2.05) is 30.3 Å². The van der Waals surface area contributed by atoms with Crippen LogP contribution >= 0.6 is 0 Å². The van der Waals surface area contributed by atoms with Gasteiger partial charge in [-0.2, -0.15) is 0 Å². The molecule has 2 nitrogen and oxygen atoms in total. The second kappa shape index (κ2) is 6.08. The molecule has 0 amide bonds. The van der Waals surface area contributed by atoms with Gasteiger partial charge in [0, 0.05) is 6.54 Å². The summed E-state index contributed by atoms with van der Waals surface area (Å²) in [6.07, 6.45) is 1.08. The highest BCUT2D eigenvalue weighted by atomic mass is 16.5. The summed E-state index contributed by atoms with van der Waals surface area (Å²) in [4.78, 5) is 0. The second-order valence-corrected chi connectivity index (χ2v) is 3.12. The molecule has 0 spiro atoms. The van der Waals surface area contributed by atoms with Gasteiger partial charge in [0.05, 0.1) is 0 Å². The Morgan fingerprint density at radius 1 is 1.36 bits per heavy atom. The molecule has 0 saturated heterocycles. The van der Waals surface area contributed by atoms with Crippen molar-refractivity contribution in [3.8, 4) is 0 Å². The molecule has 76 valence electrons. The molecule has 0 atom stereocenters. The van der Waals surface area contributed by atoms with Gasteiger partial charge in [0.15, 0.2) is 5.88 Å². The number of benzene rings is 1. The van der Waals surface area contributed by atoms with Gasteiger partial charge >= 0.3 is 0 Å². The molecular weight excluding hydrogens is 174 g/mol. The molecule has 0 aromatic heterocycles. The normalized spacial score (nSPS) is 9.50. The van der Waals surface area contributed by atoms with Crippen LogP contribution in [-0.4, -0.2) is 6.54 Å². The van der Waals surface area contributed by atoms with E-state index in [9.17, 15) is 0 Å². The van der Waals surface area contributed by atoms with Crippen LogP contribution in [0.4, 0.5) is 0 Å². The Labute approximate surface area is 85.6 Å². The fourth-order valence-corrected chi connectivity index (χ4v) is 1.06. The van der Waals surface area contributed by atoms with Crippen molar-refractivity contribution in [3.63, 3.8) is 0 Å². The first kappa shape index (κ1) is 10.6. The van der Waals surface area contributed by atoms with E-state index in [1.54, 1.807) is 0 Å². The summed E-state index contributed by atoms with van der Waals surface area (Å²) < 4.78 is 5.42. The molecule has 1 aromatic rings. The van der Waals surface area contributed by atoms with Gasteiger partial charge in [0.25, 0.3) is 0 Å². The van der Waals surface area contributed by atoms with Crippen molar-refractivity contribution in [1.82, 2.24) is 5.32 Å². The van der Waals surface area contributed by atoms with Gasteiger partial charge in [0.2, 0.25) is 0 Å². The van der Waals surface area contributed by atoms with Crippen LogP contribution in [0.3, 0.4) is 0 Å². The highest BCUT2D eigenvalue weighted by Gasteiger charge is 1.94. The van der Waals surface area contributed by atoms with Gasteiger partial charge in [-0.05, 0) is 18.6 Å². The molecule has 0 saturated carbocycles. The van der Waals surface area contributed by atoms with E-state index < -0.39 is 0 Å². The van der Waals surface area contributed by atoms with E-state index in [4.69, 9.17) is 4.74 Å². The average molecular weight is 191 g/mol. The van der Waals surface area contributed by atoms with Gasteiger partial charge in [-0.15, -0.1) is 0 Å². The van der Waals surface area contributed by atoms with Gasteiger partial charge < -0.3 is 10.1 Å².